The Labute approximate surface area is 361 Å². The molecule has 1 aliphatic rings. The number of ether oxygens (including phenoxy) is 8. The first-order valence-corrected chi connectivity index (χ1v) is 19.7. The SMILES string of the molecule is COC(=O)C(=O)c1ccc(-n2cc(CO[C@@H]3[C@@H](OCc4ccccc4)[C@@H](OC)O[C@H](COCc4ccccc4)[C@H]3OCc3cn(-c4ccc(C(=O)C(=O)OC)cc4)nn3)nn2)cc1. The number of Topliss-reactive ketones (excluding diaryl/α,β-unsaturated/α-hetero) is 2. The van der Waals surface area contributed by atoms with E-state index in [0.717, 1.165) is 25.3 Å². The lowest BCUT2D eigenvalue weighted by Crippen LogP contribution is -2.61. The Morgan fingerprint density at radius 2 is 1.02 bits per heavy atom. The summed E-state index contributed by atoms with van der Waals surface area (Å²) in [5, 5.41) is 17.2. The lowest BCUT2D eigenvalue weighted by Gasteiger charge is -2.45. The molecule has 18 nitrogen and oxygen atoms in total. The number of aromatic nitrogens is 6. The van der Waals surface area contributed by atoms with Crippen LogP contribution in [0.2, 0.25) is 0 Å². The van der Waals surface area contributed by atoms with Gasteiger partial charge in [-0.1, -0.05) is 71.1 Å². The third-order valence-corrected chi connectivity index (χ3v) is 9.96. The Morgan fingerprint density at radius 1 is 0.556 bits per heavy atom. The molecular weight excluding hydrogens is 817 g/mol. The van der Waals surface area contributed by atoms with E-state index in [1.165, 1.54) is 40.7 Å². The fourth-order valence-corrected chi connectivity index (χ4v) is 6.70. The predicted octanol–water partition coefficient (Wildman–Crippen LogP) is 4.20. The summed E-state index contributed by atoms with van der Waals surface area (Å²) in [4.78, 5) is 48.0. The highest BCUT2D eigenvalue weighted by Gasteiger charge is 2.49. The van der Waals surface area contributed by atoms with Gasteiger partial charge in [-0.15, -0.1) is 10.2 Å². The summed E-state index contributed by atoms with van der Waals surface area (Å²) >= 11 is 0. The summed E-state index contributed by atoms with van der Waals surface area (Å²) in [5.74, 6) is -3.45. The van der Waals surface area contributed by atoms with Crippen LogP contribution in [0.5, 0.6) is 0 Å². The number of benzene rings is 4. The summed E-state index contributed by atoms with van der Waals surface area (Å²) in [5.41, 5.74) is 4.32. The predicted molar refractivity (Wildman–Crippen MR) is 219 cm³/mol. The number of esters is 2. The van der Waals surface area contributed by atoms with E-state index in [9.17, 15) is 19.2 Å². The average molecular weight is 861 g/mol. The molecule has 0 aliphatic carbocycles. The number of hydrogen-bond donors (Lipinski definition) is 0. The van der Waals surface area contributed by atoms with Crippen LogP contribution >= 0.6 is 0 Å². The molecule has 0 radical (unpaired) electrons. The second kappa shape index (κ2) is 21.3. The van der Waals surface area contributed by atoms with Crippen molar-refractivity contribution in [1.82, 2.24) is 30.0 Å². The maximum atomic E-state index is 12.3. The minimum atomic E-state index is -0.962. The number of carbonyl (C=O) groups excluding carboxylic acids is 4. The van der Waals surface area contributed by atoms with Crippen LogP contribution in [0.25, 0.3) is 11.4 Å². The summed E-state index contributed by atoms with van der Waals surface area (Å²) in [6, 6.07) is 31.9. The molecular formula is C45H44N6O12. The third-order valence-electron chi connectivity index (χ3n) is 9.96. The monoisotopic (exact) mass is 860 g/mol. The lowest BCUT2D eigenvalue weighted by atomic mass is 9.98. The molecule has 1 saturated heterocycles. The van der Waals surface area contributed by atoms with Crippen LogP contribution in [0.4, 0.5) is 0 Å². The van der Waals surface area contributed by atoms with E-state index in [1.807, 2.05) is 60.7 Å². The molecule has 63 heavy (non-hydrogen) atoms. The van der Waals surface area contributed by atoms with E-state index in [2.05, 4.69) is 30.1 Å². The molecule has 0 bridgehead atoms. The molecule has 18 heteroatoms. The molecule has 0 N–H and O–H groups in total. The van der Waals surface area contributed by atoms with Gasteiger partial charge in [-0.05, 0) is 59.7 Å². The Bertz CT molecular complexity index is 2440. The van der Waals surface area contributed by atoms with Gasteiger partial charge in [-0.25, -0.2) is 19.0 Å². The van der Waals surface area contributed by atoms with Gasteiger partial charge < -0.3 is 37.9 Å². The number of rotatable bonds is 20. The zero-order valence-corrected chi connectivity index (χ0v) is 34.6. The molecule has 1 aliphatic heterocycles. The average Bonchev–Trinajstić information content (AvgIpc) is 4.02. The number of methoxy groups -OCH3 is 3. The molecule has 4 aromatic carbocycles. The first-order valence-electron chi connectivity index (χ1n) is 19.7. The van der Waals surface area contributed by atoms with Crippen molar-refractivity contribution >= 4 is 23.5 Å². The van der Waals surface area contributed by atoms with Gasteiger partial charge in [-0.3, -0.25) is 9.59 Å². The van der Waals surface area contributed by atoms with Gasteiger partial charge in [0.05, 0.1) is 71.0 Å². The molecule has 6 aromatic rings. The Kier molecular flexibility index (Phi) is 15.0. The molecule has 0 amide bonds. The molecule has 0 saturated carbocycles. The van der Waals surface area contributed by atoms with E-state index >= 15 is 0 Å². The lowest BCUT2D eigenvalue weighted by molar-refractivity contribution is -0.323. The highest BCUT2D eigenvalue weighted by molar-refractivity contribution is 6.41. The summed E-state index contributed by atoms with van der Waals surface area (Å²) < 4.78 is 50.6. The number of hydrogen-bond acceptors (Lipinski definition) is 16. The first kappa shape index (κ1) is 44.3. The van der Waals surface area contributed by atoms with Gasteiger partial charge in [0, 0.05) is 18.2 Å². The van der Waals surface area contributed by atoms with Gasteiger partial charge in [0.15, 0.2) is 6.29 Å². The largest absolute Gasteiger partial charge is 0.463 e. The molecule has 326 valence electrons. The highest BCUT2D eigenvalue weighted by atomic mass is 16.7. The number of ketones is 2. The standard InChI is InChI=1S/C45H44N6O12/c1-56-43(54)38(52)31-14-18-35(19-15-31)50-22-33(46-48-50)26-61-40-37(28-59-24-29-10-6-4-7-11-29)63-45(58-3)42(60-25-30-12-8-5-9-13-30)41(40)62-27-34-23-51(49-47-34)36-20-16-32(17-21-36)39(53)44(55)57-2/h4-23,37,40-42,45H,24-28H2,1-3H3/t37-,40-,41+,42-,45+/m1/s1. The van der Waals surface area contributed by atoms with Crippen LogP contribution in [0, 0.1) is 0 Å². The fraction of sp³-hybridized carbons (Fsp3) is 0.289. The van der Waals surface area contributed by atoms with Crippen LogP contribution < -0.4 is 0 Å². The minimum Gasteiger partial charge on any atom is -0.463 e. The van der Waals surface area contributed by atoms with Crippen molar-refractivity contribution in [1.29, 1.82) is 0 Å². The Hall–Kier alpha value is -6.80. The Morgan fingerprint density at radius 3 is 1.49 bits per heavy atom. The second-order valence-corrected chi connectivity index (χ2v) is 14.1. The molecule has 0 unspecified atom stereocenters. The van der Waals surface area contributed by atoms with E-state index in [1.54, 1.807) is 36.7 Å². The van der Waals surface area contributed by atoms with Gasteiger partial charge >= 0.3 is 11.9 Å². The van der Waals surface area contributed by atoms with E-state index in [0.29, 0.717) is 29.4 Å². The molecule has 3 heterocycles. The van der Waals surface area contributed by atoms with E-state index in [-0.39, 0.29) is 37.6 Å². The maximum Gasteiger partial charge on any atom is 0.379 e. The van der Waals surface area contributed by atoms with Crippen molar-refractivity contribution in [3.05, 3.63) is 155 Å². The summed E-state index contributed by atoms with van der Waals surface area (Å²) in [6.45, 7) is 0.547. The van der Waals surface area contributed by atoms with Crippen molar-refractivity contribution in [3.8, 4) is 11.4 Å². The zero-order chi connectivity index (χ0) is 44.1. The number of carbonyl (C=O) groups is 4. The van der Waals surface area contributed by atoms with Crippen LogP contribution in [-0.4, -0.2) is 112 Å². The van der Waals surface area contributed by atoms with Gasteiger partial charge in [0.2, 0.25) is 0 Å². The van der Waals surface area contributed by atoms with Crippen molar-refractivity contribution in [3.63, 3.8) is 0 Å². The van der Waals surface area contributed by atoms with Crippen LogP contribution in [-0.2, 0) is 73.9 Å². The normalized spacial score (nSPS) is 18.4. The van der Waals surface area contributed by atoms with Crippen LogP contribution in [0.1, 0.15) is 43.2 Å². The van der Waals surface area contributed by atoms with Crippen molar-refractivity contribution < 1.29 is 57.1 Å². The molecule has 0 spiro atoms. The topological polar surface area (TPSA) is 204 Å². The van der Waals surface area contributed by atoms with E-state index in [4.69, 9.17) is 28.4 Å². The van der Waals surface area contributed by atoms with Gasteiger partial charge in [0.25, 0.3) is 11.6 Å². The van der Waals surface area contributed by atoms with Crippen molar-refractivity contribution in [2.45, 2.75) is 57.1 Å². The van der Waals surface area contributed by atoms with Crippen LogP contribution in [0.15, 0.2) is 122 Å². The zero-order valence-electron chi connectivity index (χ0n) is 34.6. The van der Waals surface area contributed by atoms with Crippen LogP contribution in [0.3, 0.4) is 0 Å². The highest BCUT2D eigenvalue weighted by Crippen LogP contribution is 2.31. The molecule has 7 rings (SSSR count). The van der Waals surface area contributed by atoms with Gasteiger partial charge in [0.1, 0.15) is 35.8 Å². The third kappa shape index (κ3) is 11.2. The molecule has 2 aromatic heterocycles. The smallest absolute Gasteiger partial charge is 0.379 e. The summed E-state index contributed by atoms with van der Waals surface area (Å²) in [7, 11) is 3.82. The molecule has 5 atom stereocenters. The summed E-state index contributed by atoms with van der Waals surface area (Å²) in [6.07, 6.45) is -0.746. The van der Waals surface area contributed by atoms with Gasteiger partial charge in [-0.2, -0.15) is 0 Å². The quantitative estimate of drug-likeness (QED) is 0.0600. The van der Waals surface area contributed by atoms with Crippen molar-refractivity contribution in [2.75, 3.05) is 27.9 Å². The van der Waals surface area contributed by atoms with Crippen molar-refractivity contribution in [2.24, 2.45) is 0 Å². The minimum absolute atomic E-state index is 0.0320. The maximum absolute atomic E-state index is 12.3. The number of nitrogens with zero attached hydrogens (tertiary/aromatic N) is 6. The molecule has 1 fully saturated rings. The van der Waals surface area contributed by atoms with E-state index < -0.39 is 54.2 Å². The fourth-order valence-electron chi connectivity index (χ4n) is 6.70. The Balaban J connectivity index is 1.13. The first-order chi connectivity index (χ1) is 30.7. The second-order valence-electron chi connectivity index (χ2n) is 14.1.